The fourth-order valence-electron chi connectivity index (χ4n) is 2.61. The zero-order valence-corrected chi connectivity index (χ0v) is 17.0. The molecule has 0 fully saturated rings. The Balaban J connectivity index is 1.94. The molecule has 0 spiro atoms. The smallest absolute Gasteiger partial charge is 0.213 e. The van der Waals surface area contributed by atoms with Gasteiger partial charge in [-0.25, -0.2) is 4.98 Å². The number of halogens is 2. The molecule has 0 saturated heterocycles. The summed E-state index contributed by atoms with van der Waals surface area (Å²) < 4.78 is 6.19. The minimum atomic E-state index is -0.180. The van der Waals surface area contributed by atoms with Crippen molar-refractivity contribution >= 4 is 35.0 Å². The van der Waals surface area contributed by atoms with Gasteiger partial charge in [-0.1, -0.05) is 54.9 Å². The molecule has 1 aromatic carbocycles. The molecule has 1 unspecified atom stereocenters. The van der Waals surface area contributed by atoms with Crippen molar-refractivity contribution in [3.63, 3.8) is 0 Å². The molecule has 3 rings (SSSR count). The Morgan fingerprint density at radius 2 is 1.85 bits per heavy atom. The first-order valence-electron chi connectivity index (χ1n) is 8.20. The SMILES string of the molecule is Cc1n[nH]c(Sc2cc(Cl)cc(Cl)c2)c1C(Oc1ccccn1)C(C)C. The minimum absolute atomic E-state index is 0.180. The fourth-order valence-corrected chi connectivity index (χ4v) is 4.34. The molecule has 4 nitrogen and oxygen atoms in total. The van der Waals surface area contributed by atoms with Crippen LogP contribution in [0.2, 0.25) is 10.0 Å². The highest BCUT2D eigenvalue weighted by molar-refractivity contribution is 7.99. The van der Waals surface area contributed by atoms with E-state index in [2.05, 4.69) is 29.0 Å². The lowest BCUT2D eigenvalue weighted by Crippen LogP contribution is -2.16. The molecule has 0 amide bonds. The Morgan fingerprint density at radius 3 is 2.46 bits per heavy atom. The summed E-state index contributed by atoms with van der Waals surface area (Å²) in [6.45, 7) is 6.20. The number of nitrogens with zero attached hydrogens (tertiary/aromatic N) is 2. The molecule has 0 bridgehead atoms. The van der Waals surface area contributed by atoms with E-state index in [1.165, 1.54) is 11.8 Å². The van der Waals surface area contributed by atoms with Gasteiger partial charge in [0.15, 0.2) is 0 Å². The Kier molecular flexibility index (Phi) is 6.12. The van der Waals surface area contributed by atoms with Crippen LogP contribution in [-0.4, -0.2) is 15.2 Å². The summed E-state index contributed by atoms with van der Waals surface area (Å²) in [5.41, 5.74) is 1.92. The maximum absolute atomic E-state index is 6.19. The fraction of sp³-hybridized carbons (Fsp3) is 0.263. The van der Waals surface area contributed by atoms with E-state index in [1.807, 2.05) is 37.3 Å². The second kappa shape index (κ2) is 8.33. The largest absolute Gasteiger partial charge is 0.469 e. The summed E-state index contributed by atoms with van der Waals surface area (Å²) in [7, 11) is 0. The number of pyridine rings is 1. The van der Waals surface area contributed by atoms with Gasteiger partial charge in [0.05, 0.1) is 5.69 Å². The third kappa shape index (κ3) is 4.53. The van der Waals surface area contributed by atoms with Crippen molar-refractivity contribution in [2.45, 2.75) is 36.8 Å². The molecule has 0 radical (unpaired) electrons. The quantitative estimate of drug-likeness (QED) is 0.517. The second-order valence-corrected chi connectivity index (χ2v) is 8.17. The number of aromatic amines is 1. The van der Waals surface area contributed by atoms with Gasteiger partial charge in [-0.3, -0.25) is 5.10 Å². The highest BCUT2D eigenvalue weighted by Crippen LogP contribution is 2.39. The molecule has 26 heavy (non-hydrogen) atoms. The number of benzene rings is 1. The van der Waals surface area contributed by atoms with E-state index in [1.54, 1.807) is 12.3 Å². The number of aromatic nitrogens is 3. The van der Waals surface area contributed by atoms with E-state index in [4.69, 9.17) is 27.9 Å². The number of aryl methyl sites for hydroxylation is 1. The number of H-pyrrole nitrogens is 1. The van der Waals surface area contributed by atoms with Crippen LogP contribution < -0.4 is 4.74 Å². The van der Waals surface area contributed by atoms with Gasteiger partial charge in [0.1, 0.15) is 11.1 Å². The predicted octanol–water partition coefficient (Wildman–Crippen LogP) is 6.35. The summed E-state index contributed by atoms with van der Waals surface area (Å²) in [6, 6.07) is 11.1. The van der Waals surface area contributed by atoms with Crippen LogP contribution in [0.5, 0.6) is 5.88 Å². The Bertz CT molecular complexity index is 863. The molecule has 0 aliphatic rings. The van der Waals surface area contributed by atoms with Crippen molar-refractivity contribution in [1.29, 1.82) is 0 Å². The number of hydrogen-bond acceptors (Lipinski definition) is 4. The lowest BCUT2D eigenvalue weighted by Gasteiger charge is -2.23. The van der Waals surface area contributed by atoms with Crippen molar-refractivity contribution in [2.24, 2.45) is 5.92 Å². The third-order valence-electron chi connectivity index (χ3n) is 3.79. The molecule has 7 heteroatoms. The Hall–Kier alpha value is -1.69. The number of rotatable bonds is 6. The van der Waals surface area contributed by atoms with Gasteiger partial charge in [-0.05, 0) is 37.1 Å². The van der Waals surface area contributed by atoms with Gasteiger partial charge in [0.25, 0.3) is 0 Å². The first-order chi connectivity index (χ1) is 12.4. The lowest BCUT2D eigenvalue weighted by molar-refractivity contribution is 0.143. The van der Waals surface area contributed by atoms with E-state index >= 15 is 0 Å². The van der Waals surface area contributed by atoms with E-state index in [-0.39, 0.29) is 12.0 Å². The highest BCUT2D eigenvalue weighted by Gasteiger charge is 2.26. The van der Waals surface area contributed by atoms with Crippen LogP contribution in [0.25, 0.3) is 0 Å². The van der Waals surface area contributed by atoms with Crippen molar-refractivity contribution in [2.75, 3.05) is 0 Å². The summed E-state index contributed by atoms with van der Waals surface area (Å²) in [5.74, 6) is 0.823. The molecule has 1 atom stereocenters. The predicted molar refractivity (Wildman–Crippen MR) is 106 cm³/mol. The highest BCUT2D eigenvalue weighted by atomic mass is 35.5. The first kappa shape index (κ1) is 19.1. The van der Waals surface area contributed by atoms with Crippen LogP contribution in [0.4, 0.5) is 0 Å². The van der Waals surface area contributed by atoms with E-state index < -0.39 is 0 Å². The van der Waals surface area contributed by atoms with Crippen molar-refractivity contribution in [3.05, 3.63) is 63.9 Å². The molecule has 0 aliphatic heterocycles. The molecule has 2 aromatic heterocycles. The topological polar surface area (TPSA) is 50.8 Å². The Morgan fingerprint density at radius 1 is 1.12 bits per heavy atom. The minimum Gasteiger partial charge on any atom is -0.469 e. The molecule has 1 N–H and O–H groups in total. The second-order valence-electron chi connectivity index (χ2n) is 6.21. The Labute approximate surface area is 167 Å². The van der Waals surface area contributed by atoms with Crippen LogP contribution in [0.3, 0.4) is 0 Å². The zero-order valence-electron chi connectivity index (χ0n) is 14.7. The van der Waals surface area contributed by atoms with Gasteiger partial charge in [-0.2, -0.15) is 5.10 Å². The number of hydrogen-bond donors (Lipinski definition) is 1. The zero-order chi connectivity index (χ0) is 18.7. The normalized spacial score (nSPS) is 12.4. The van der Waals surface area contributed by atoms with Crippen molar-refractivity contribution < 1.29 is 4.74 Å². The number of nitrogens with one attached hydrogen (secondary N) is 1. The summed E-state index contributed by atoms with van der Waals surface area (Å²) in [5, 5.41) is 9.61. The van der Waals surface area contributed by atoms with Gasteiger partial charge in [0.2, 0.25) is 5.88 Å². The summed E-state index contributed by atoms with van der Waals surface area (Å²) in [4.78, 5) is 5.22. The summed E-state index contributed by atoms with van der Waals surface area (Å²) >= 11 is 13.8. The van der Waals surface area contributed by atoms with E-state index in [0.29, 0.717) is 15.9 Å². The van der Waals surface area contributed by atoms with Gasteiger partial charge >= 0.3 is 0 Å². The first-order valence-corrected chi connectivity index (χ1v) is 9.77. The molecule has 2 heterocycles. The molecular weight excluding hydrogens is 389 g/mol. The third-order valence-corrected chi connectivity index (χ3v) is 5.21. The lowest BCUT2D eigenvalue weighted by atomic mass is 9.99. The van der Waals surface area contributed by atoms with Crippen LogP contribution in [0.1, 0.15) is 31.2 Å². The molecule has 0 saturated carbocycles. The molecule has 0 aliphatic carbocycles. The molecule has 136 valence electrons. The van der Waals surface area contributed by atoms with Crippen LogP contribution in [0.15, 0.2) is 52.5 Å². The molecule has 3 aromatic rings. The van der Waals surface area contributed by atoms with Crippen LogP contribution >= 0.6 is 35.0 Å². The maximum atomic E-state index is 6.19. The van der Waals surface area contributed by atoms with Crippen LogP contribution in [0, 0.1) is 12.8 Å². The maximum Gasteiger partial charge on any atom is 0.213 e. The van der Waals surface area contributed by atoms with Gasteiger partial charge in [0, 0.05) is 32.8 Å². The van der Waals surface area contributed by atoms with Gasteiger partial charge < -0.3 is 4.74 Å². The number of ether oxygens (including phenoxy) is 1. The molecular formula is C19H19Cl2N3OS. The van der Waals surface area contributed by atoms with Crippen molar-refractivity contribution in [1.82, 2.24) is 15.2 Å². The van der Waals surface area contributed by atoms with Crippen LogP contribution in [-0.2, 0) is 0 Å². The monoisotopic (exact) mass is 407 g/mol. The average Bonchev–Trinajstić information content (AvgIpc) is 2.93. The van der Waals surface area contributed by atoms with E-state index in [9.17, 15) is 0 Å². The summed E-state index contributed by atoms with van der Waals surface area (Å²) in [6.07, 6.45) is 1.54. The average molecular weight is 408 g/mol. The van der Waals surface area contributed by atoms with E-state index in [0.717, 1.165) is 21.2 Å². The standard InChI is InChI=1S/C19H19Cl2N3OS/c1-11(2)18(25-16-6-4-5-7-22-16)17-12(3)23-24-19(17)26-15-9-13(20)8-14(21)10-15/h4-11,18H,1-3H3,(H,23,24). The van der Waals surface area contributed by atoms with Gasteiger partial charge in [-0.15, -0.1) is 0 Å². The van der Waals surface area contributed by atoms with Crippen molar-refractivity contribution in [3.8, 4) is 5.88 Å².